The first-order chi connectivity index (χ1) is 9.40. The molecule has 0 amide bonds. The van der Waals surface area contributed by atoms with Crippen molar-refractivity contribution < 1.29 is 8.42 Å². The Morgan fingerprint density at radius 1 is 1.30 bits per heavy atom. The minimum Gasteiger partial charge on any atom is -0.389 e. The quantitative estimate of drug-likeness (QED) is 0.788. The van der Waals surface area contributed by atoms with Crippen LogP contribution in [0.3, 0.4) is 0 Å². The molecule has 0 radical (unpaired) electrons. The Morgan fingerprint density at radius 3 is 2.55 bits per heavy atom. The van der Waals surface area contributed by atoms with E-state index in [9.17, 15) is 8.42 Å². The number of piperidine rings is 1. The molecule has 3 N–H and O–H groups in total. The van der Waals surface area contributed by atoms with Gasteiger partial charge in [-0.3, -0.25) is 4.72 Å². The molecule has 1 aliphatic heterocycles. The number of anilines is 1. The summed E-state index contributed by atoms with van der Waals surface area (Å²) in [5.74, 6) is 0. The maximum Gasteiger partial charge on any atom is 0.301 e. The Balaban J connectivity index is 2.27. The van der Waals surface area contributed by atoms with Crippen LogP contribution in [0, 0.1) is 0 Å². The summed E-state index contributed by atoms with van der Waals surface area (Å²) in [5, 5.41) is 0. The van der Waals surface area contributed by atoms with Crippen molar-refractivity contribution in [3.63, 3.8) is 0 Å². The Hall–Kier alpha value is -0.700. The number of thiocarbonyl (C=S) groups is 1. The fraction of sp³-hybridized carbons (Fsp3) is 0.417. The summed E-state index contributed by atoms with van der Waals surface area (Å²) in [6.45, 7) is 1.10. The van der Waals surface area contributed by atoms with Gasteiger partial charge in [0, 0.05) is 23.1 Å². The number of halogens is 1. The van der Waals surface area contributed by atoms with Crippen LogP contribution in [0.15, 0.2) is 22.7 Å². The third kappa shape index (κ3) is 3.69. The predicted molar refractivity (Wildman–Crippen MR) is 88.0 cm³/mol. The SMILES string of the molecule is NC(=S)c1cc(Br)ccc1NS(=O)(=O)N1CCCCC1. The zero-order valence-electron chi connectivity index (χ0n) is 10.8. The second-order valence-corrected chi connectivity index (χ2v) is 7.65. The largest absolute Gasteiger partial charge is 0.389 e. The first-order valence-corrected chi connectivity index (χ1v) is 8.91. The highest BCUT2D eigenvalue weighted by molar-refractivity contribution is 9.10. The lowest BCUT2D eigenvalue weighted by Crippen LogP contribution is -2.39. The molecule has 1 aromatic carbocycles. The molecule has 110 valence electrons. The van der Waals surface area contributed by atoms with E-state index in [0.29, 0.717) is 24.3 Å². The molecule has 0 saturated carbocycles. The van der Waals surface area contributed by atoms with Gasteiger partial charge in [0.15, 0.2) is 0 Å². The van der Waals surface area contributed by atoms with Crippen LogP contribution < -0.4 is 10.5 Å². The molecule has 1 aromatic rings. The molecule has 1 aliphatic rings. The monoisotopic (exact) mass is 377 g/mol. The van der Waals surface area contributed by atoms with Gasteiger partial charge in [-0.05, 0) is 31.0 Å². The van der Waals surface area contributed by atoms with E-state index in [2.05, 4.69) is 20.7 Å². The zero-order chi connectivity index (χ0) is 14.8. The van der Waals surface area contributed by atoms with Crippen molar-refractivity contribution in [3.05, 3.63) is 28.2 Å². The first kappa shape index (κ1) is 15.7. The van der Waals surface area contributed by atoms with Crippen LogP contribution in [0.5, 0.6) is 0 Å². The number of benzene rings is 1. The standard InChI is InChI=1S/C12H16BrN3O2S2/c13-9-4-5-11(10(8-9)12(14)19)15-20(17,18)16-6-2-1-3-7-16/h4-5,8,15H,1-3,6-7H2,(H2,14,19). The third-order valence-corrected chi connectivity index (χ3v) is 5.38. The van der Waals surface area contributed by atoms with E-state index in [0.717, 1.165) is 23.7 Å². The second-order valence-electron chi connectivity index (χ2n) is 4.62. The van der Waals surface area contributed by atoms with E-state index in [1.54, 1.807) is 18.2 Å². The van der Waals surface area contributed by atoms with E-state index in [1.807, 2.05) is 0 Å². The van der Waals surface area contributed by atoms with Crippen LogP contribution >= 0.6 is 28.1 Å². The molecule has 0 aromatic heterocycles. The van der Waals surface area contributed by atoms with Crippen LogP contribution in [-0.2, 0) is 10.2 Å². The van der Waals surface area contributed by atoms with Crippen molar-refractivity contribution in [2.24, 2.45) is 5.73 Å². The van der Waals surface area contributed by atoms with Crippen LogP contribution in [0.2, 0.25) is 0 Å². The van der Waals surface area contributed by atoms with Crippen LogP contribution in [0.1, 0.15) is 24.8 Å². The number of nitrogens with one attached hydrogen (secondary N) is 1. The van der Waals surface area contributed by atoms with Crippen LogP contribution in [0.4, 0.5) is 5.69 Å². The van der Waals surface area contributed by atoms with E-state index in [1.165, 1.54) is 4.31 Å². The predicted octanol–water partition coefficient (Wildman–Crippen LogP) is 2.23. The fourth-order valence-corrected chi connectivity index (χ4v) is 3.97. The average Bonchev–Trinajstić information content (AvgIpc) is 2.41. The second kappa shape index (κ2) is 6.38. The van der Waals surface area contributed by atoms with Gasteiger partial charge in [-0.15, -0.1) is 0 Å². The Bertz CT molecular complexity index is 613. The molecule has 0 atom stereocenters. The summed E-state index contributed by atoms with van der Waals surface area (Å²) in [4.78, 5) is 0.155. The molecule has 0 spiro atoms. The summed E-state index contributed by atoms with van der Waals surface area (Å²) in [5.41, 5.74) is 6.56. The lowest BCUT2D eigenvalue weighted by atomic mass is 10.2. The van der Waals surface area contributed by atoms with Gasteiger partial charge < -0.3 is 5.73 Å². The van der Waals surface area contributed by atoms with E-state index >= 15 is 0 Å². The minimum absolute atomic E-state index is 0.155. The number of rotatable bonds is 4. The van der Waals surface area contributed by atoms with Crippen molar-refractivity contribution in [2.75, 3.05) is 17.8 Å². The van der Waals surface area contributed by atoms with Gasteiger partial charge in [0.25, 0.3) is 0 Å². The highest BCUT2D eigenvalue weighted by Gasteiger charge is 2.24. The molecule has 0 bridgehead atoms. The average molecular weight is 378 g/mol. The van der Waals surface area contributed by atoms with Gasteiger partial charge in [0.1, 0.15) is 4.99 Å². The van der Waals surface area contributed by atoms with E-state index in [4.69, 9.17) is 18.0 Å². The maximum atomic E-state index is 12.3. The van der Waals surface area contributed by atoms with Gasteiger partial charge in [-0.2, -0.15) is 12.7 Å². The highest BCUT2D eigenvalue weighted by Crippen LogP contribution is 2.23. The van der Waals surface area contributed by atoms with Crippen molar-refractivity contribution in [1.29, 1.82) is 0 Å². The van der Waals surface area contributed by atoms with Crippen molar-refractivity contribution in [2.45, 2.75) is 19.3 Å². The normalized spacial score (nSPS) is 16.9. The van der Waals surface area contributed by atoms with Gasteiger partial charge in [0.05, 0.1) is 5.69 Å². The van der Waals surface area contributed by atoms with Crippen molar-refractivity contribution in [3.8, 4) is 0 Å². The van der Waals surface area contributed by atoms with Gasteiger partial charge >= 0.3 is 10.2 Å². The molecule has 5 nitrogen and oxygen atoms in total. The summed E-state index contributed by atoms with van der Waals surface area (Å²) in [7, 11) is -3.55. The number of hydrogen-bond donors (Lipinski definition) is 2. The minimum atomic E-state index is -3.55. The summed E-state index contributed by atoms with van der Waals surface area (Å²) >= 11 is 8.28. The summed E-state index contributed by atoms with van der Waals surface area (Å²) < 4.78 is 29.5. The number of nitrogens with zero attached hydrogens (tertiary/aromatic N) is 1. The van der Waals surface area contributed by atoms with Crippen molar-refractivity contribution in [1.82, 2.24) is 4.31 Å². The molecular formula is C12H16BrN3O2S2. The highest BCUT2D eigenvalue weighted by atomic mass is 79.9. The van der Waals surface area contributed by atoms with Crippen molar-refractivity contribution >= 4 is 49.0 Å². The van der Waals surface area contributed by atoms with E-state index in [-0.39, 0.29) is 4.99 Å². The Kier molecular flexibility index (Phi) is 5.00. The van der Waals surface area contributed by atoms with Crippen LogP contribution in [-0.4, -0.2) is 30.8 Å². The number of hydrogen-bond acceptors (Lipinski definition) is 3. The summed E-state index contributed by atoms with van der Waals surface area (Å²) in [6, 6.07) is 5.10. The molecule has 2 rings (SSSR count). The van der Waals surface area contributed by atoms with Gasteiger partial charge in [0.2, 0.25) is 0 Å². The molecule has 8 heteroatoms. The first-order valence-electron chi connectivity index (χ1n) is 6.27. The number of nitrogens with two attached hydrogens (primary N) is 1. The Morgan fingerprint density at radius 2 is 1.95 bits per heavy atom. The molecule has 0 unspecified atom stereocenters. The van der Waals surface area contributed by atoms with E-state index < -0.39 is 10.2 Å². The molecule has 1 heterocycles. The van der Waals surface area contributed by atoms with Gasteiger partial charge in [-0.1, -0.05) is 34.6 Å². The molecule has 20 heavy (non-hydrogen) atoms. The Labute approximate surface area is 132 Å². The topological polar surface area (TPSA) is 75.4 Å². The molecular weight excluding hydrogens is 362 g/mol. The molecule has 0 aliphatic carbocycles. The lowest BCUT2D eigenvalue weighted by Gasteiger charge is -2.26. The lowest BCUT2D eigenvalue weighted by molar-refractivity contribution is 0.349. The zero-order valence-corrected chi connectivity index (χ0v) is 14.0. The molecule has 1 fully saturated rings. The maximum absolute atomic E-state index is 12.3. The summed E-state index contributed by atoms with van der Waals surface area (Å²) in [6.07, 6.45) is 2.86. The fourth-order valence-electron chi connectivity index (χ4n) is 2.12. The molecule has 1 saturated heterocycles. The smallest absolute Gasteiger partial charge is 0.301 e. The van der Waals surface area contributed by atoms with Gasteiger partial charge in [-0.25, -0.2) is 0 Å². The third-order valence-electron chi connectivity index (χ3n) is 3.14. The van der Waals surface area contributed by atoms with Crippen LogP contribution in [0.25, 0.3) is 0 Å².